The molecule has 0 saturated heterocycles. The molecule has 2 aromatic rings. The van der Waals surface area contributed by atoms with Crippen LogP contribution in [0.15, 0.2) is 87.0 Å². The summed E-state index contributed by atoms with van der Waals surface area (Å²) in [5, 5.41) is 0. The summed E-state index contributed by atoms with van der Waals surface area (Å²) in [5.41, 5.74) is 2.29. The Morgan fingerprint density at radius 1 is 0.852 bits per heavy atom. The predicted molar refractivity (Wildman–Crippen MR) is 107 cm³/mol. The molecule has 2 aromatic carbocycles. The summed E-state index contributed by atoms with van der Waals surface area (Å²) >= 11 is 0. The molecule has 0 unspecified atom stereocenters. The standard InChI is InChI=1S/C18H18O.C2H4.Na.H2O4S.H/c1-3-9-15-11-5-7-13-17(15)19-18-14-8-6-12-16(18)10-4-2;1-2;;1-5(2,3)4;/h3-8,11-14H,1-2,9-10H2;1-2H2;;(H2,1,2,3,4);/q;;+1;;-1. The zero-order chi connectivity index (χ0) is 20.0. The molecule has 0 atom stereocenters. The van der Waals surface area contributed by atoms with Gasteiger partial charge in [-0.3, -0.25) is 9.11 Å². The molecule has 2 rings (SSSR count). The SMILES string of the molecule is C=C.C=CCc1ccccc1Oc1ccccc1CC=C.O=S(=O)(O)O.[H-].[Na+]. The van der Waals surface area contributed by atoms with Crippen molar-refractivity contribution in [3.05, 3.63) is 98.1 Å². The van der Waals surface area contributed by atoms with Gasteiger partial charge in [0.1, 0.15) is 11.5 Å². The second kappa shape index (κ2) is 15.4. The average Bonchev–Trinajstić information content (AvgIpc) is 2.59. The molecule has 0 fully saturated rings. The smallest absolute Gasteiger partial charge is 1.00 e. The minimum absolute atomic E-state index is 0. The monoisotopic (exact) mass is 400 g/mol. The van der Waals surface area contributed by atoms with Crippen LogP contribution in [0.25, 0.3) is 0 Å². The van der Waals surface area contributed by atoms with E-state index in [1.807, 2.05) is 48.6 Å². The van der Waals surface area contributed by atoms with Gasteiger partial charge in [0.25, 0.3) is 0 Å². The first kappa shape index (κ1) is 27.5. The summed E-state index contributed by atoms with van der Waals surface area (Å²) in [4.78, 5) is 0. The van der Waals surface area contributed by atoms with Gasteiger partial charge in [0.2, 0.25) is 0 Å². The van der Waals surface area contributed by atoms with Gasteiger partial charge >= 0.3 is 40.0 Å². The number of ether oxygens (including phenoxy) is 1. The third-order valence-electron chi connectivity index (χ3n) is 2.89. The third-order valence-corrected chi connectivity index (χ3v) is 2.89. The van der Waals surface area contributed by atoms with Crippen molar-refractivity contribution >= 4 is 10.4 Å². The summed E-state index contributed by atoms with van der Waals surface area (Å²) in [6.45, 7) is 13.6. The molecular formula is C20H25NaO5S. The maximum Gasteiger partial charge on any atom is 1.00 e. The van der Waals surface area contributed by atoms with E-state index in [0.29, 0.717) is 0 Å². The summed E-state index contributed by atoms with van der Waals surface area (Å²) < 4.78 is 37.6. The molecule has 0 aliphatic rings. The van der Waals surface area contributed by atoms with Crippen molar-refractivity contribution in [2.24, 2.45) is 0 Å². The first-order valence-electron chi connectivity index (χ1n) is 7.60. The van der Waals surface area contributed by atoms with Crippen LogP contribution >= 0.6 is 0 Å². The van der Waals surface area contributed by atoms with Gasteiger partial charge in [0.15, 0.2) is 0 Å². The molecule has 0 amide bonds. The molecule has 0 aliphatic carbocycles. The van der Waals surface area contributed by atoms with Gasteiger partial charge in [-0.2, -0.15) is 8.42 Å². The number of benzene rings is 2. The van der Waals surface area contributed by atoms with E-state index in [0.717, 1.165) is 35.5 Å². The van der Waals surface area contributed by atoms with Crippen LogP contribution in [0.1, 0.15) is 12.6 Å². The van der Waals surface area contributed by atoms with Gasteiger partial charge in [-0.15, -0.1) is 26.3 Å². The quantitative estimate of drug-likeness (QED) is 0.441. The molecule has 0 aliphatic heterocycles. The minimum atomic E-state index is -4.67. The Bertz CT molecular complexity index is 750. The van der Waals surface area contributed by atoms with Crippen molar-refractivity contribution < 1.29 is 53.2 Å². The first-order chi connectivity index (χ1) is 12.3. The van der Waals surface area contributed by atoms with Gasteiger partial charge in [0, 0.05) is 0 Å². The summed E-state index contributed by atoms with van der Waals surface area (Å²) in [6, 6.07) is 16.1. The van der Waals surface area contributed by atoms with E-state index in [2.05, 4.69) is 38.4 Å². The van der Waals surface area contributed by atoms with Crippen molar-refractivity contribution in [2.75, 3.05) is 0 Å². The van der Waals surface area contributed by atoms with Crippen LogP contribution in [0.2, 0.25) is 0 Å². The molecule has 5 nitrogen and oxygen atoms in total. The van der Waals surface area contributed by atoms with E-state index in [9.17, 15) is 0 Å². The fourth-order valence-electron chi connectivity index (χ4n) is 1.97. The Labute approximate surface area is 185 Å². The Morgan fingerprint density at radius 3 is 1.44 bits per heavy atom. The van der Waals surface area contributed by atoms with E-state index in [-0.39, 0.29) is 31.0 Å². The maximum absolute atomic E-state index is 8.74. The molecule has 0 radical (unpaired) electrons. The van der Waals surface area contributed by atoms with Crippen LogP contribution in [-0.4, -0.2) is 17.5 Å². The summed E-state index contributed by atoms with van der Waals surface area (Å²) in [6.07, 6.45) is 5.38. The van der Waals surface area contributed by atoms with Crippen molar-refractivity contribution in [3.8, 4) is 11.5 Å². The van der Waals surface area contributed by atoms with Crippen LogP contribution in [0.5, 0.6) is 11.5 Å². The molecule has 27 heavy (non-hydrogen) atoms. The molecule has 0 spiro atoms. The Kier molecular flexibility index (Phi) is 15.7. The number of hydrogen-bond donors (Lipinski definition) is 2. The molecule has 0 bridgehead atoms. The van der Waals surface area contributed by atoms with Gasteiger partial charge in [-0.05, 0) is 36.1 Å². The largest absolute Gasteiger partial charge is 1.00 e. The average molecular weight is 400 g/mol. The molecule has 0 heterocycles. The molecule has 142 valence electrons. The van der Waals surface area contributed by atoms with E-state index in [1.165, 1.54) is 0 Å². The van der Waals surface area contributed by atoms with Crippen LogP contribution in [0.4, 0.5) is 0 Å². The fraction of sp³-hybridized carbons (Fsp3) is 0.100. The van der Waals surface area contributed by atoms with Crippen molar-refractivity contribution in [3.63, 3.8) is 0 Å². The Balaban J connectivity index is -0.000000609. The topological polar surface area (TPSA) is 83.8 Å². The normalized spacial score (nSPS) is 9.26. The van der Waals surface area contributed by atoms with E-state index < -0.39 is 10.4 Å². The molecule has 7 heteroatoms. The number of para-hydroxylation sites is 2. The minimum Gasteiger partial charge on any atom is -1.00 e. The summed E-state index contributed by atoms with van der Waals surface area (Å²) in [7, 11) is -4.67. The van der Waals surface area contributed by atoms with Crippen LogP contribution in [-0.2, 0) is 23.2 Å². The Morgan fingerprint density at radius 2 is 1.15 bits per heavy atom. The van der Waals surface area contributed by atoms with Crippen LogP contribution < -0.4 is 34.3 Å². The number of allylic oxidation sites excluding steroid dienone is 2. The predicted octanol–water partition coefficient (Wildman–Crippen LogP) is 2.20. The van der Waals surface area contributed by atoms with Gasteiger partial charge in [0.05, 0.1) is 0 Å². The number of rotatable bonds is 6. The van der Waals surface area contributed by atoms with Crippen LogP contribution in [0, 0.1) is 0 Å². The van der Waals surface area contributed by atoms with Gasteiger partial charge in [-0.1, -0.05) is 48.6 Å². The maximum atomic E-state index is 8.74. The first-order valence-corrected chi connectivity index (χ1v) is 9.00. The van der Waals surface area contributed by atoms with Crippen molar-refractivity contribution in [1.29, 1.82) is 0 Å². The summed E-state index contributed by atoms with van der Waals surface area (Å²) in [5.74, 6) is 1.78. The molecular weight excluding hydrogens is 375 g/mol. The third kappa shape index (κ3) is 13.2. The van der Waals surface area contributed by atoms with Crippen molar-refractivity contribution in [2.45, 2.75) is 12.8 Å². The molecule has 0 aromatic heterocycles. The second-order valence-electron chi connectivity index (χ2n) is 4.75. The van der Waals surface area contributed by atoms with E-state index in [4.69, 9.17) is 22.3 Å². The Hall–Kier alpha value is -1.67. The van der Waals surface area contributed by atoms with Crippen LogP contribution in [0.3, 0.4) is 0 Å². The molecule has 0 saturated carbocycles. The molecule has 2 N–H and O–H groups in total. The van der Waals surface area contributed by atoms with Gasteiger partial charge < -0.3 is 6.16 Å². The zero-order valence-corrected chi connectivity index (χ0v) is 18.4. The fourth-order valence-corrected chi connectivity index (χ4v) is 1.97. The van der Waals surface area contributed by atoms with Crippen molar-refractivity contribution in [1.82, 2.24) is 0 Å². The number of hydrogen-bond acceptors (Lipinski definition) is 3. The van der Waals surface area contributed by atoms with E-state index in [1.54, 1.807) is 0 Å². The zero-order valence-electron chi connectivity index (χ0n) is 16.5. The van der Waals surface area contributed by atoms with Gasteiger partial charge in [-0.25, -0.2) is 0 Å². The van der Waals surface area contributed by atoms with E-state index >= 15 is 0 Å². The second-order valence-corrected chi connectivity index (χ2v) is 5.65.